The van der Waals surface area contributed by atoms with Crippen LogP contribution in [0.25, 0.3) is 11.3 Å². The molecule has 168 valence electrons. The number of nitrogens with one attached hydrogen (secondary N) is 2. The van der Waals surface area contributed by atoms with Gasteiger partial charge < -0.3 is 5.32 Å². The molecule has 0 amide bonds. The molecule has 0 spiro atoms. The standard InChI is InChI=1S/C24H25ClFN3O2S/c25-21-14-20(28-16-22(26)18-4-3-5-18)11-12-24(21)32(30,31)29-15-17-7-9-19(10-8-17)23-6-1-2-13-27-23/h1-2,6-14,18,22,28-29H,3-5,15-16H2. The summed E-state index contributed by atoms with van der Waals surface area (Å²) in [6.45, 7) is 0.325. The minimum absolute atomic E-state index is 0.00869. The van der Waals surface area contributed by atoms with Gasteiger partial charge in [-0.05, 0) is 54.7 Å². The minimum atomic E-state index is -3.80. The van der Waals surface area contributed by atoms with E-state index >= 15 is 0 Å². The number of nitrogens with zero attached hydrogens (tertiary/aromatic N) is 1. The number of hydrogen-bond donors (Lipinski definition) is 2. The van der Waals surface area contributed by atoms with Crippen LogP contribution in [0.15, 0.2) is 71.8 Å². The molecule has 3 aromatic rings. The average molecular weight is 474 g/mol. The van der Waals surface area contributed by atoms with Crippen molar-refractivity contribution < 1.29 is 12.8 Å². The fourth-order valence-corrected chi connectivity index (χ4v) is 5.16. The normalized spacial score (nSPS) is 15.2. The van der Waals surface area contributed by atoms with Gasteiger partial charge in [-0.15, -0.1) is 0 Å². The highest BCUT2D eigenvalue weighted by Gasteiger charge is 2.27. The highest BCUT2D eigenvalue weighted by molar-refractivity contribution is 7.89. The molecule has 2 aromatic carbocycles. The molecular formula is C24H25ClFN3O2S. The van der Waals surface area contributed by atoms with Crippen LogP contribution in [0.2, 0.25) is 5.02 Å². The van der Waals surface area contributed by atoms with Gasteiger partial charge in [-0.2, -0.15) is 0 Å². The molecule has 32 heavy (non-hydrogen) atoms. The van der Waals surface area contributed by atoms with E-state index in [1.807, 2.05) is 42.5 Å². The molecule has 1 aromatic heterocycles. The molecule has 2 N–H and O–H groups in total. The maximum absolute atomic E-state index is 14.1. The second-order valence-electron chi connectivity index (χ2n) is 7.97. The summed E-state index contributed by atoms with van der Waals surface area (Å²) in [5.41, 5.74) is 3.22. The fraction of sp³-hybridized carbons (Fsp3) is 0.292. The van der Waals surface area contributed by atoms with Crippen molar-refractivity contribution >= 4 is 27.3 Å². The van der Waals surface area contributed by atoms with Crippen molar-refractivity contribution in [2.24, 2.45) is 5.92 Å². The smallest absolute Gasteiger partial charge is 0.242 e. The van der Waals surface area contributed by atoms with Gasteiger partial charge in [0.2, 0.25) is 10.0 Å². The Balaban J connectivity index is 1.36. The molecule has 1 aliphatic carbocycles. The number of alkyl halides is 1. The third kappa shape index (κ3) is 5.46. The van der Waals surface area contributed by atoms with Crippen molar-refractivity contribution in [1.29, 1.82) is 0 Å². The van der Waals surface area contributed by atoms with Gasteiger partial charge in [0.15, 0.2) is 0 Å². The Morgan fingerprint density at radius 3 is 2.50 bits per heavy atom. The zero-order valence-electron chi connectivity index (χ0n) is 17.5. The first kappa shape index (κ1) is 22.7. The Morgan fingerprint density at radius 2 is 1.88 bits per heavy atom. The van der Waals surface area contributed by atoms with E-state index in [9.17, 15) is 12.8 Å². The van der Waals surface area contributed by atoms with Crippen molar-refractivity contribution in [3.8, 4) is 11.3 Å². The van der Waals surface area contributed by atoms with Crippen molar-refractivity contribution in [2.75, 3.05) is 11.9 Å². The van der Waals surface area contributed by atoms with E-state index in [0.29, 0.717) is 5.69 Å². The molecule has 1 aliphatic rings. The third-order valence-corrected chi connectivity index (χ3v) is 7.65. The summed E-state index contributed by atoms with van der Waals surface area (Å²) >= 11 is 6.24. The van der Waals surface area contributed by atoms with Crippen LogP contribution in [-0.2, 0) is 16.6 Å². The Bertz CT molecular complexity index is 1150. The number of halogens is 2. The highest BCUT2D eigenvalue weighted by Crippen LogP contribution is 2.32. The first-order valence-corrected chi connectivity index (χ1v) is 12.5. The molecule has 1 heterocycles. The molecule has 1 fully saturated rings. The van der Waals surface area contributed by atoms with Crippen molar-refractivity contribution in [2.45, 2.75) is 36.9 Å². The Morgan fingerprint density at radius 1 is 1.09 bits per heavy atom. The van der Waals surface area contributed by atoms with E-state index in [0.717, 1.165) is 36.1 Å². The molecule has 4 rings (SSSR count). The molecule has 1 atom stereocenters. The number of pyridine rings is 1. The van der Waals surface area contributed by atoms with Crippen LogP contribution in [0.5, 0.6) is 0 Å². The summed E-state index contributed by atoms with van der Waals surface area (Å²) in [6.07, 6.45) is 3.77. The monoisotopic (exact) mass is 473 g/mol. The average Bonchev–Trinajstić information content (AvgIpc) is 2.76. The molecule has 5 nitrogen and oxygen atoms in total. The summed E-state index contributed by atoms with van der Waals surface area (Å²) in [5, 5.41) is 3.10. The SMILES string of the molecule is O=S(=O)(NCc1ccc(-c2ccccn2)cc1)c1ccc(NCC(F)C2CCC2)cc1Cl. The summed E-state index contributed by atoms with van der Waals surface area (Å²) in [5.74, 6) is 0.125. The van der Waals surface area contributed by atoms with Gasteiger partial charge in [-0.3, -0.25) is 4.98 Å². The van der Waals surface area contributed by atoms with Gasteiger partial charge in [0.25, 0.3) is 0 Å². The molecular weight excluding hydrogens is 449 g/mol. The predicted octanol–water partition coefficient (Wildman–Crippen LogP) is 5.43. The zero-order chi connectivity index (χ0) is 22.6. The van der Waals surface area contributed by atoms with Gasteiger partial charge in [-0.25, -0.2) is 17.5 Å². The maximum Gasteiger partial charge on any atom is 0.242 e. The molecule has 0 saturated heterocycles. The lowest BCUT2D eigenvalue weighted by Gasteiger charge is -2.29. The predicted molar refractivity (Wildman–Crippen MR) is 126 cm³/mol. The lowest BCUT2D eigenvalue weighted by Crippen LogP contribution is -2.29. The largest absolute Gasteiger partial charge is 0.382 e. The number of anilines is 1. The second kappa shape index (κ2) is 9.98. The summed E-state index contributed by atoms with van der Waals surface area (Å²) in [4.78, 5) is 4.30. The number of hydrogen-bond acceptors (Lipinski definition) is 4. The van der Waals surface area contributed by atoms with Crippen molar-refractivity contribution in [3.05, 3.63) is 77.4 Å². The lowest BCUT2D eigenvalue weighted by atomic mass is 9.82. The van der Waals surface area contributed by atoms with Gasteiger partial charge in [0.05, 0.1) is 10.7 Å². The zero-order valence-corrected chi connectivity index (χ0v) is 19.0. The van der Waals surface area contributed by atoms with Crippen LogP contribution in [-0.4, -0.2) is 26.1 Å². The van der Waals surface area contributed by atoms with Crippen LogP contribution in [0.3, 0.4) is 0 Å². The fourth-order valence-electron chi connectivity index (χ4n) is 3.60. The molecule has 0 aliphatic heterocycles. The molecule has 0 radical (unpaired) electrons. The van der Waals surface area contributed by atoms with Gasteiger partial charge in [0, 0.05) is 30.5 Å². The topological polar surface area (TPSA) is 71.1 Å². The number of rotatable bonds is 9. The van der Waals surface area contributed by atoms with Crippen molar-refractivity contribution in [3.63, 3.8) is 0 Å². The minimum Gasteiger partial charge on any atom is -0.382 e. The van der Waals surface area contributed by atoms with Crippen molar-refractivity contribution in [1.82, 2.24) is 9.71 Å². The molecule has 8 heteroatoms. The van der Waals surface area contributed by atoms with Crippen LogP contribution < -0.4 is 10.0 Å². The molecule has 1 saturated carbocycles. The highest BCUT2D eigenvalue weighted by atomic mass is 35.5. The number of benzene rings is 2. The van der Waals surface area contributed by atoms with E-state index in [-0.39, 0.29) is 28.9 Å². The van der Waals surface area contributed by atoms with E-state index in [1.54, 1.807) is 12.3 Å². The number of sulfonamides is 1. The van der Waals surface area contributed by atoms with Gasteiger partial charge in [-0.1, -0.05) is 48.4 Å². The van der Waals surface area contributed by atoms with E-state index in [4.69, 9.17) is 11.6 Å². The van der Waals surface area contributed by atoms with Gasteiger partial charge in [0.1, 0.15) is 11.1 Å². The summed E-state index contributed by atoms with van der Waals surface area (Å²) < 4.78 is 42.1. The van der Waals surface area contributed by atoms with Crippen LogP contribution >= 0.6 is 11.6 Å². The second-order valence-corrected chi connectivity index (χ2v) is 10.1. The van der Waals surface area contributed by atoms with Gasteiger partial charge >= 0.3 is 0 Å². The first-order valence-electron chi connectivity index (χ1n) is 10.6. The molecule has 1 unspecified atom stereocenters. The summed E-state index contributed by atoms with van der Waals surface area (Å²) in [6, 6.07) is 17.8. The van der Waals surface area contributed by atoms with E-state index < -0.39 is 16.2 Å². The lowest BCUT2D eigenvalue weighted by molar-refractivity contribution is 0.158. The quantitative estimate of drug-likeness (QED) is 0.434. The van der Waals surface area contributed by atoms with Crippen LogP contribution in [0, 0.1) is 5.92 Å². The Kier molecular flexibility index (Phi) is 7.08. The maximum atomic E-state index is 14.1. The van der Waals surface area contributed by atoms with E-state index in [1.165, 1.54) is 12.1 Å². The van der Waals surface area contributed by atoms with Crippen LogP contribution in [0.4, 0.5) is 10.1 Å². The first-order chi connectivity index (χ1) is 15.4. The third-order valence-electron chi connectivity index (χ3n) is 5.76. The Labute approximate surface area is 193 Å². The van der Waals surface area contributed by atoms with E-state index in [2.05, 4.69) is 15.0 Å². The van der Waals surface area contributed by atoms with Crippen LogP contribution in [0.1, 0.15) is 24.8 Å². The molecule has 0 bridgehead atoms. The Hall–Kier alpha value is -2.48. The summed E-state index contributed by atoms with van der Waals surface area (Å²) in [7, 11) is -3.80. The number of aromatic nitrogens is 1.